The SMILES string of the molecule is c1ccc(OCCCN2CCC(CNc3nc4ccccc4s3)CC2)cc1. The first-order chi connectivity index (χ1) is 13.4. The maximum Gasteiger partial charge on any atom is 0.183 e. The number of piperidine rings is 1. The van der Waals surface area contributed by atoms with Gasteiger partial charge in [0.15, 0.2) is 5.13 Å². The molecule has 142 valence electrons. The van der Waals surface area contributed by atoms with Gasteiger partial charge in [-0.2, -0.15) is 0 Å². The highest BCUT2D eigenvalue weighted by Crippen LogP contribution is 2.26. The lowest BCUT2D eigenvalue weighted by Gasteiger charge is -2.31. The van der Waals surface area contributed by atoms with Crippen molar-refractivity contribution in [3.05, 3.63) is 54.6 Å². The minimum absolute atomic E-state index is 0.744. The summed E-state index contributed by atoms with van der Waals surface area (Å²) in [6.45, 7) is 5.34. The Bertz CT molecular complexity index is 795. The molecule has 1 aliphatic heterocycles. The van der Waals surface area contributed by atoms with Gasteiger partial charge in [0.2, 0.25) is 0 Å². The van der Waals surface area contributed by atoms with E-state index in [1.54, 1.807) is 11.3 Å². The van der Waals surface area contributed by atoms with E-state index in [1.807, 2.05) is 36.4 Å². The molecule has 1 fully saturated rings. The number of anilines is 1. The second-order valence-electron chi connectivity index (χ2n) is 7.17. The molecule has 1 N–H and O–H groups in total. The zero-order chi connectivity index (χ0) is 18.3. The van der Waals surface area contributed by atoms with Crippen LogP contribution in [0.2, 0.25) is 0 Å². The second kappa shape index (κ2) is 9.20. The van der Waals surface area contributed by atoms with Crippen molar-refractivity contribution in [3.8, 4) is 5.75 Å². The summed E-state index contributed by atoms with van der Waals surface area (Å²) in [5.74, 6) is 1.71. The van der Waals surface area contributed by atoms with Gasteiger partial charge in [-0.15, -0.1) is 0 Å². The Morgan fingerprint density at radius 1 is 1.04 bits per heavy atom. The molecule has 27 heavy (non-hydrogen) atoms. The highest BCUT2D eigenvalue weighted by molar-refractivity contribution is 7.22. The van der Waals surface area contributed by atoms with Crippen LogP contribution < -0.4 is 10.1 Å². The molecule has 2 heterocycles. The fraction of sp³-hybridized carbons (Fsp3) is 0.409. The number of thiazole rings is 1. The maximum absolute atomic E-state index is 5.79. The summed E-state index contributed by atoms with van der Waals surface area (Å²) in [6, 6.07) is 18.4. The summed E-state index contributed by atoms with van der Waals surface area (Å²) in [5, 5.41) is 4.61. The van der Waals surface area contributed by atoms with Crippen LogP contribution in [0.15, 0.2) is 54.6 Å². The van der Waals surface area contributed by atoms with Crippen LogP contribution in [0.3, 0.4) is 0 Å². The molecule has 0 saturated carbocycles. The van der Waals surface area contributed by atoms with E-state index in [0.717, 1.165) is 48.4 Å². The zero-order valence-electron chi connectivity index (χ0n) is 15.6. The van der Waals surface area contributed by atoms with Gasteiger partial charge in [-0.1, -0.05) is 41.7 Å². The van der Waals surface area contributed by atoms with E-state index in [4.69, 9.17) is 4.74 Å². The molecule has 2 aromatic carbocycles. The minimum atomic E-state index is 0.744. The highest BCUT2D eigenvalue weighted by atomic mass is 32.1. The number of nitrogens with one attached hydrogen (secondary N) is 1. The topological polar surface area (TPSA) is 37.4 Å². The molecular weight excluding hydrogens is 354 g/mol. The molecule has 1 aliphatic rings. The number of likely N-dealkylation sites (tertiary alicyclic amines) is 1. The van der Waals surface area contributed by atoms with Gasteiger partial charge in [-0.05, 0) is 62.5 Å². The van der Waals surface area contributed by atoms with Crippen molar-refractivity contribution >= 4 is 26.7 Å². The standard InChI is InChI=1S/C22H27N3OS/c1-2-7-19(8-3-1)26-16-6-13-25-14-11-18(12-15-25)17-23-22-24-20-9-4-5-10-21(20)27-22/h1-5,7-10,18H,6,11-17H2,(H,23,24). The molecule has 0 radical (unpaired) electrons. The number of ether oxygens (including phenoxy) is 1. The van der Waals surface area contributed by atoms with Crippen molar-refractivity contribution in [2.45, 2.75) is 19.3 Å². The quantitative estimate of drug-likeness (QED) is 0.564. The van der Waals surface area contributed by atoms with Crippen molar-refractivity contribution in [3.63, 3.8) is 0 Å². The predicted octanol–water partition coefficient (Wildman–Crippen LogP) is 4.89. The normalized spacial score (nSPS) is 15.9. The molecule has 5 heteroatoms. The molecular formula is C22H27N3OS. The Balaban J connectivity index is 1.13. The lowest BCUT2D eigenvalue weighted by atomic mass is 9.97. The van der Waals surface area contributed by atoms with Crippen LogP contribution in [0, 0.1) is 5.92 Å². The van der Waals surface area contributed by atoms with E-state index < -0.39 is 0 Å². The average Bonchev–Trinajstić information content (AvgIpc) is 3.14. The third kappa shape index (κ3) is 5.21. The fourth-order valence-electron chi connectivity index (χ4n) is 3.59. The third-order valence-corrected chi connectivity index (χ3v) is 6.17. The van der Waals surface area contributed by atoms with Gasteiger partial charge in [0.25, 0.3) is 0 Å². The number of nitrogens with zero attached hydrogens (tertiary/aromatic N) is 2. The Hall–Kier alpha value is -2.11. The molecule has 0 bridgehead atoms. The second-order valence-corrected chi connectivity index (χ2v) is 8.20. The number of hydrogen-bond donors (Lipinski definition) is 1. The molecule has 0 spiro atoms. The van der Waals surface area contributed by atoms with E-state index >= 15 is 0 Å². The van der Waals surface area contributed by atoms with Crippen LogP contribution in [-0.2, 0) is 0 Å². The molecule has 1 saturated heterocycles. The molecule has 0 unspecified atom stereocenters. The lowest BCUT2D eigenvalue weighted by Crippen LogP contribution is -2.36. The van der Waals surface area contributed by atoms with Crippen LogP contribution in [0.1, 0.15) is 19.3 Å². The predicted molar refractivity (Wildman–Crippen MR) is 114 cm³/mol. The van der Waals surface area contributed by atoms with Gasteiger partial charge < -0.3 is 15.0 Å². The Kier molecular flexibility index (Phi) is 6.22. The zero-order valence-corrected chi connectivity index (χ0v) is 16.5. The van der Waals surface area contributed by atoms with Crippen molar-refractivity contribution < 1.29 is 4.74 Å². The monoisotopic (exact) mass is 381 g/mol. The van der Waals surface area contributed by atoms with Crippen LogP contribution in [0.25, 0.3) is 10.2 Å². The Morgan fingerprint density at radius 2 is 1.81 bits per heavy atom. The van der Waals surface area contributed by atoms with E-state index in [9.17, 15) is 0 Å². The smallest absolute Gasteiger partial charge is 0.183 e. The van der Waals surface area contributed by atoms with Crippen molar-refractivity contribution in [2.24, 2.45) is 5.92 Å². The Labute approximate surface area is 165 Å². The number of para-hydroxylation sites is 2. The molecule has 1 aromatic heterocycles. The number of benzene rings is 2. The molecule has 0 amide bonds. The van der Waals surface area contributed by atoms with Gasteiger partial charge in [0.05, 0.1) is 16.8 Å². The van der Waals surface area contributed by atoms with E-state index in [1.165, 1.54) is 30.6 Å². The van der Waals surface area contributed by atoms with Crippen molar-refractivity contribution in [1.29, 1.82) is 0 Å². The summed E-state index contributed by atoms with van der Waals surface area (Å²) >= 11 is 1.75. The average molecular weight is 382 g/mol. The highest BCUT2D eigenvalue weighted by Gasteiger charge is 2.19. The number of fused-ring (bicyclic) bond motifs is 1. The van der Waals surface area contributed by atoms with E-state index in [2.05, 4.69) is 33.4 Å². The van der Waals surface area contributed by atoms with E-state index in [0.29, 0.717) is 0 Å². The third-order valence-electron chi connectivity index (χ3n) is 5.17. The molecule has 0 aliphatic carbocycles. The summed E-state index contributed by atoms with van der Waals surface area (Å²) in [4.78, 5) is 7.24. The van der Waals surface area contributed by atoms with Crippen molar-refractivity contribution in [1.82, 2.24) is 9.88 Å². The number of hydrogen-bond acceptors (Lipinski definition) is 5. The van der Waals surface area contributed by atoms with Gasteiger partial charge in [0.1, 0.15) is 5.75 Å². The van der Waals surface area contributed by atoms with Gasteiger partial charge in [-0.25, -0.2) is 4.98 Å². The first-order valence-corrected chi connectivity index (χ1v) is 10.7. The van der Waals surface area contributed by atoms with Gasteiger partial charge in [0, 0.05) is 13.1 Å². The maximum atomic E-state index is 5.79. The summed E-state index contributed by atoms with van der Waals surface area (Å²) in [5.41, 5.74) is 1.09. The minimum Gasteiger partial charge on any atom is -0.494 e. The van der Waals surface area contributed by atoms with Crippen LogP contribution in [0.5, 0.6) is 5.75 Å². The number of rotatable bonds is 8. The summed E-state index contributed by atoms with van der Waals surface area (Å²) < 4.78 is 7.05. The Morgan fingerprint density at radius 3 is 2.63 bits per heavy atom. The molecule has 3 aromatic rings. The summed E-state index contributed by atoms with van der Waals surface area (Å²) in [6.07, 6.45) is 3.61. The van der Waals surface area contributed by atoms with Crippen LogP contribution in [-0.4, -0.2) is 42.7 Å². The largest absolute Gasteiger partial charge is 0.494 e. The molecule has 4 nitrogen and oxygen atoms in total. The lowest BCUT2D eigenvalue weighted by molar-refractivity contribution is 0.175. The van der Waals surface area contributed by atoms with Crippen LogP contribution in [0.4, 0.5) is 5.13 Å². The number of aromatic nitrogens is 1. The van der Waals surface area contributed by atoms with Gasteiger partial charge in [-0.3, -0.25) is 0 Å². The molecule has 4 rings (SSSR count). The van der Waals surface area contributed by atoms with Gasteiger partial charge >= 0.3 is 0 Å². The van der Waals surface area contributed by atoms with Crippen molar-refractivity contribution in [2.75, 3.05) is 38.1 Å². The summed E-state index contributed by atoms with van der Waals surface area (Å²) in [7, 11) is 0. The first kappa shape index (κ1) is 18.3. The van der Waals surface area contributed by atoms with Crippen LogP contribution >= 0.6 is 11.3 Å². The first-order valence-electron chi connectivity index (χ1n) is 9.86. The fourth-order valence-corrected chi connectivity index (χ4v) is 4.46. The molecule has 0 atom stereocenters. The van der Waals surface area contributed by atoms with E-state index in [-0.39, 0.29) is 0 Å².